The van der Waals surface area contributed by atoms with E-state index >= 15 is 0 Å². The van der Waals surface area contributed by atoms with Gasteiger partial charge < -0.3 is 8.98 Å². The van der Waals surface area contributed by atoms with Crippen molar-refractivity contribution in [1.29, 1.82) is 0 Å². The highest BCUT2D eigenvalue weighted by atomic mass is 32.2. The van der Waals surface area contributed by atoms with Crippen LogP contribution in [0.1, 0.15) is 36.2 Å². The Hall–Kier alpha value is -1.64. The van der Waals surface area contributed by atoms with Gasteiger partial charge in [0.2, 0.25) is 0 Å². The fourth-order valence-electron chi connectivity index (χ4n) is 2.94. The molecule has 0 aliphatic carbocycles. The third-order valence-corrected chi connectivity index (χ3v) is 6.22. The van der Waals surface area contributed by atoms with Crippen LogP contribution in [0.25, 0.3) is 0 Å². The van der Waals surface area contributed by atoms with Crippen LogP contribution in [0.5, 0.6) is 0 Å². The minimum atomic E-state index is -3.57. The van der Waals surface area contributed by atoms with E-state index in [9.17, 15) is 8.42 Å². The maximum Gasteiger partial charge on any atom is 0.282 e. The minimum absolute atomic E-state index is 0.225. The van der Waals surface area contributed by atoms with Gasteiger partial charge in [-0.3, -0.25) is 0 Å². The Balaban J connectivity index is 1.81. The molecule has 2 aromatic heterocycles. The van der Waals surface area contributed by atoms with Crippen molar-refractivity contribution in [2.75, 3.05) is 13.6 Å². The molecule has 0 unspecified atom stereocenters. The van der Waals surface area contributed by atoms with Crippen LogP contribution in [0.15, 0.2) is 28.9 Å². The van der Waals surface area contributed by atoms with E-state index in [2.05, 4.69) is 4.98 Å². The normalized spacial score (nSPS) is 19.7. The van der Waals surface area contributed by atoms with Crippen LogP contribution in [0, 0.1) is 6.92 Å². The SMILES string of the molecule is Cc1ccc([C@@H]2CCCN2S(=O)(=O)N(C)Cc2nccn2C)o1. The molecule has 0 spiro atoms. The second-order valence-corrected chi connectivity index (χ2v) is 7.92. The molecule has 1 saturated heterocycles. The molecule has 1 atom stereocenters. The van der Waals surface area contributed by atoms with Crippen molar-refractivity contribution in [1.82, 2.24) is 18.2 Å². The molecule has 3 rings (SSSR count). The molecular weight excluding hydrogens is 316 g/mol. The van der Waals surface area contributed by atoms with Crippen molar-refractivity contribution in [3.05, 3.63) is 41.9 Å². The molecule has 0 amide bonds. The Labute approximate surface area is 136 Å². The van der Waals surface area contributed by atoms with Gasteiger partial charge in [-0.1, -0.05) is 0 Å². The zero-order valence-electron chi connectivity index (χ0n) is 13.6. The minimum Gasteiger partial charge on any atom is -0.465 e. The van der Waals surface area contributed by atoms with E-state index in [1.54, 1.807) is 19.4 Å². The number of aryl methyl sites for hydroxylation is 2. The molecule has 2 aromatic rings. The number of hydrogen-bond acceptors (Lipinski definition) is 4. The summed E-state index contributed by atoms with van der Waals surface area (Å²) in [5.41, 5.74) is 0. The van der Waals surface area contributed by atoms with Crippen LogP contribution in [0.3, 0.4) is 0 Å². The van der Waals surface area contributed by atoms with Crippen LogP contribution in [-0.4, -0.2) is 40.2 Å². The number of aromatic nitrogens is 2. The quantitative estimate of drug-likeness (QED) is 0.834. The summed E-state index contributed by atoms with van der Waals surface area (Å²) >= 11 is 0. The van der Waals surface area contributed by atoms with E-state index in [1.807, 2.05) is 30.7 Å². The predicted octanol–water partition coefficient (Wildman–Crippen LogP) is 1.84. The topological polar surface area (TPSA) is 71.6 Å². The van der Waals surface area contributed by atoms with Crippen LogP contribution >= 0.6 is 0 Å². The van der Waals surface area contributed by atoms with Gasteiger partial charge in [0, 0.05) is 33.0 Å². The lowest BCUT2D eigenvalue weighted by molar-refractivity contribution is 0.306. The molecule has 0 aromatic carbocycles. The molecule has 0 bridgehead atoms. The van der Waals surface area contributed by atoms with Gasteiger partial charge >= 0.3 is 0 Å². The first-order valence-electron chi connectivity index (χ1n) is 7.65. The molecule has 8 heteroatoms. The van der Waals surface area contributed by atoms with Crippen molar-refractivity contribution in [3.63, 3.8) is 0 Å². The van der Waals surface area contributed by atoms with E-state index < -0.39 is 10.2 Å². The molecule has 0 radical (unpaired) electrons. The summed E-state index contributed by atoms with van der Waals surface area (Å²) in [6.45, 7) is 2.62. The maximum absolute atomic E-state index is 12.9. The lowest BCUT2D eigenvalue weighted by Gasteiger charge is -2.27. The zero-order chi connectivity index (χ0) is 16.6. The third-order valence-electron chi connectivity index (χ3n) is 4.27. The van der Waals surface area contributed by atoms with Gasteiger partial charge in [0.15, 0.2) is 0 Å². The van der Waals surface area contributed by atoms with Crippen LogP contribution in [0.2, 0.25) is 0 Å². The molecule has 1 fully saturated rings. The summed E-state index contributed by atoms with van der Waals surface area (Å²) in [6.07, 6.45) is 5.09. The standard InChI is InChI=1S/C15H22N4O3S/c1-12-6-7-14(22-12)13-5-4-9-19(13)23(20,21)18(3)11-15-16-8-10-17(15)2/h6-8,10,13H,4-5,9,11H2,1-3H3/t13-/m0/s1. The first-order chi connectivity index (χ1) is 10.9. The second kappa shape index (κ2) is 6.10. The van der Waals surface area contributed by atoms with Gasteiger partial charge in [-0.2, -0.15) is 17.0 Å². The third kappa shape index (κ3) is 3.06. The summed E-state index contributed by atoms with van der Waals surface area (Å²) in [5.74, 6) is 2.22. The van der Waals surface area contributed by atoms with Crippen molar-refractivity contribution < 1.29 is 12.8 Å². The van der Waals surface area contributed by atoms with Crippen molar-refractivity contribution in [3.8, 4) is 0 Å². The second-order valence-electron chi connectivity index (χ2n) is 5.94. The van der Waals surface area contributed by atoms with Gasteiger partial charge in [0.25, 0.3) is 10.2 Å². The molecule has 1 aliphatic rings. The summed E-state index contributed by atoms with van der Waals surface area (Å²) in [4.78, 5) is 4.20. The average Bonchev–Trinajstić information content (AvgIpc) is 3.20. The van der Waals surface area contributed by atoms with E-state index in [0.29, 0.717) is 18.1 Å². The van der Waals surface area contributed by atoms with E-state index in [1.165, 1.54) is 8.61 Å². The Bertz CT molecular complexity index is 780. The van der Waals surface area contributed by atoms with Crippen molar-refractivity contribution in [2.45, 2.75) is 32.4 Å². The van der Waals surface area contributed by atoms with Crippen LogP contribution < -0.4 is 0 Å². The summed E-state index contributed by atoms with van der Waals surface area (Å²) in [5, 5.41) is 0. The van der Waals surface area contributed by atoms with Gasteiger partial charge in [0.05, 0.1) is 12.6 Å². The highest BCUT2D eigenvalue weighted by Gasteiger charge is 2.39. The fraction of sp³-hybridized carbons (Fsp3) is 0.533. The summed E-state index contributed by atoms with van der Waals surface area (Å²) in [7, 11) is -0.122. The Morgan fingerprint density at radius 1 is 1.43 bits per heavy atom. The van der Waals surface area contributed by atoms with Gasteiger partial charge in [-0.25, -0.2) is 4.98 Å². The van der Waals surface area contributed by atoms with E-state index in [4.69, 9.17) is 4.42 Å². The molecule has 126 valence electrons. The van der Waals surface area contributed by atoms with Gasteiger partial charge in [-0.15, -0.1) is 0 Å². The maximum atomic E-state index is 12.9. The number of nitrogens with zero attached hydrogens (tertiary/aromatic N) is 4. The highest BCUT2D eigenvalue weighted by molar-refractivity contribution is 7.86. The molecule has 7 nitrogen and oxygen atoms in total. The van der Waals surface area contributed by atoms with Gasteiger partial charge in [-0.05, 0) is 31.9 Å². The average molecular weight is 338 g/mol. The van der Waals surface area contributed by atoms with Crippen LogP contribution in [0.4, 0.5) is 0 Å². The van der Waals surface area contributed by atoms with Crippen LogP contribution in [-0.2, 0) is 23.8 Å². The fourth-order valence-corrected chi connectivity index (χ4v) is 4.47. The largest absolute Gasteiger partial charge is 0.465 e. The number of imidazole rings is 1. The number of rotatable bonds is 5. The Morgan fingerprint density at radius 3 is 2.83 bits per heavy atom. The number of hydrogen-bond donors (Lipinski definition) is 0. The smallest absolute Gasteiger partial charge is 0.282 e. The molecule has 0 saturated carbocycles. The molecule has 3 heterocycles. The highest BCUT2D eigenvalue weighted by Crippen LogP contribution is 2.35. The monoisotopic (exact) mass is 338 g/mol. The molecule has 1 aliphatic heterocycles. The van der Waals surface area contributed by atoms with Crippen molar-refractivity contribution in [2.24, 2.45) is 7.05 Å². The molecular formula is C15H22N4O3S. The van der Waals surface area contributed by atoms with Crippen molar-refractivity contribution >= 4 is 10.2 Å². The zero-order valence-corrected chi connectivity index (χ0v) is 14.5. The summed E-state index contributed by atoms with van der Waals surface area (Å²) in [6, 6.07) is 3.51. The first kappa shape index (κ1) is 16.2. The molecule has 0 N–H and O–H groups in total. The lowest BCUT2D eigenvalue weighted by atomic mass is 10.2. The predicted molar refractivity (Wildman–Crippen MR) is 85.7 cm³/mol. The lowest BCUT2D eigenvalue weighted by Crippen LogP contribution is -2.41. The first-order valence-corrected chi connectivity index (χ1v) is 9.05. The van der Waals surface area contributed by atoms with E-state index in [0.717, 1.165) is 18.6 Å². The molecule has 23 heavy (non-hydrogen) atoms. The summed E-state index contributed by atoms with van der Waals surface area (Å²) < 4.78 is 36.2. The Morgan fingerprint density at radius 2 is 2.22 bits per heavy atom. The number of furan rings is 1. The van der Waals surface area contributed by atoms with Gasteiger partial charge in [0.1, 0.15) is 17.3 Å². The van der Waals surface area contributed by atoms with E-state index in [-0.39, 0.29) is 12.6 Å². The Kier molecular flexibility index (Phi) is 4.31.